The van der Waals surface area contributed by atoms with E-state index in [4.69, 9.17) is 11.6 Å². The molecule has 1 amide bonds. The second kappa shape index (κ2) is 6.50. The van der Waals surface area contributed by atoms with Crippen molar-refractivity contribution in [2.24, 2.45) is 0 Å². The Morgan fingerprint density at radius 3 is 2.85 bits per heavy atom. The number of imidazole rings is 2. The van der Waals surface area contributed by atoms with E-state index in [1.165, 1.54) is 18.0 Å². The highest BCUT2D eigenvalue weighted by Gasteiger charge is 2.17. The average Bonchev–Trinajstić information content (AvgIpc) is 3.15. The monoisotopic (exact) mass is 388 g/mol. The van der Waals surface area contributed by atoms with Crippen LogP contribution in [0.1, 0.15) is 6.92 Å². The summed E-state index contributed by atoms with van der Waals surface area (Å²) in [6, 6.07) is 6.90. The molecular formula is C16H13ClN6O2S. The van der Waals surface area contributed by atoms with Crippen LogP contribution in [0.4, 0.5) is 5.69 Å². The zero-order valence-electron chi connectivity index (χ0n) is 13.5. The Morgan fingerprint density at radius 2 is 2.00 bits per heavy atom. The first-order valence-electron chi connectivity index (χ1n) is 7.69. The molecule has 1 aromatic carbocycles. The first-order chi connectivity index (χ1) is 12.5. The SMILES string of the molecule is C[C@@H](Sc1nc2ncc(Cl)cc2[nH]1)C(=O)Nc1ccc2[nH]c(=O)[nH]c2c1. The third kappa shape index (κ3) is 3.31. The summed E-state index contributed by atoms with van der Waals surface area (Å²) < 4.78 is 0. The molecule has 10 heteroatoms. The number of carbonyl (C=O) groups is 1. The lowest BCUT2D eigenvalue weighted by molar-refractivity contribution is -0.115. The molecule has 0 unspecified atom stereocenters. The molecule has 0 radical (unpaired) electrons. The van der Waals surface area contributed by atoms with Crippen LogP contribution in [0.5, 0.6) is 0 Å². The highest BCUT2D eigenvalue weighted by atomic mass is 35.5. The molecular weight excluding hydrogens is 376 g/mol. The Hall–Kier alpha value is -2.78. The van der Waals surface area contributed by atoms with Crippen molar-refractivity contribution < 1.29 is 4.79 Å². The summed E-state index contributed by atoms with van der Waals surface area (Å²) in [4.78, 5) is 40.6. The minimum atomic E-state index is -0.396. The summed E-state index contributed by atoms with van der Waals surface area (Å²) in [5, 5.41) is 3.54. The third-order valence-corrected chi connectivity index (χ3v) is 4.91. The van der Waals surface area contributed by atoms with E-state index in [1.807, 2.05) is 0 Å². The van der Waals surface area contributed by atoms with Crippen molar-refractivity contribution in [3.8, 4) is 0 Å². The number of carbonyl (C=O) groups excluding carboxylic acids is 1. The molecule has 0 bridgehead atoms. The first kappa shape index (κ1) is 16.7. The summed E-state index contributed by atoms with van der Waals surface area (Å²) in [5.41, 5.74) is 2.90. The summed E-state index contributed by atoms with van der Waals surface area (Å²) in [5.74, 6) is -0.182. The summed E-state index contributed by atoms with van der Waals surface area (Å²) in [7, 11) is 0. The van der Waals surface area contributed by atoms with Gasteiger partial charge in [-0.2, -0.15) is 0 Å². The topological polar surface area (TPSA) is 119 Å². The minimum Gasteiger partial charge on any atom is -0.331 e. The second-order valence-electron chi connectivity index (χ2n) is 5.66. The number of halogens is 1. The van der Waals surface area contributed by atoms with Gasteiger partial charge in [0.15, 0.2) is 10.8 Å². The first-order valence-corrected chi connectivity index (χ1v) is 8.94. The summed E-state index contributed by atoms with van der Waals surface area (Å²) in [6.45, 7) is 1.78. The van der Waals surface area contributed by atoms with Crippen LogP contribution in [0.15, 0.2) is 40.4 Å². The van der Waals surface area contributed by atoms with E-state index in [0.29, 0.717) is 32.5 Å². The maximum Gasteiger partial charge on any atom is 0.323 e. The van der Waals surface area contributed by atoms with Crippen LogP contribution in [-0.2, 0) is 4.79 Å². The number of rotatable bonds is 4. The van der Waals surface area contributed by atoms with Crippen LogP contribution in [0, 0.1) is 0 Å². The van der Waals surface area contributed by atoms with Crippen LogP contribution in [0.2, 0.25) is 5.02 Å². The standard InChI is InChI=1S/C16H13ClN6O2S/c1-7(26-16-22-12-4-8(17)6-18-13(12)23-16)14(24)19-9-2-3-10-11(5-9)21-15(25)20-10/h2-7H,1H3,(H,19,24)(H,18,22,23)(H2,20,21,25)/t7-/m1/s1. The molecule has 0 saturated heterocycles. The number of nitrogens with zero attached hydrogens (tertiary/aromatic N) is 2. The fraction of sp³-hybridized carbons (Fsp3) is 0.125. The normalized spacial score (nSPS) is 12.5. The lowest BCUT2D eigenvalue weighted by atomic mass is 10.2. The number of hydrogen-bond donors (Lipinski definition) is 4. The van der Waals surface area contributed by atoms with E-state index in [9.17, 15) is 9.59 Å². The number of nitrogens with one attached hydrogen (secondary N) is 4. The molecule has 8 nitrogen and oxygen atoms in total. The van der Waals surface area contributed by atoms with Gasteiger partial charge in [0.25, 0.3) is 0 Å². The van der Waals surface area contributed by atoms with Crippen LogP contribution >= 0.6 is 23.4 Å². The maximum absolute atomic E-state index is 12.4. The van der Waals surface area contributed by atoms with Gasteiger partial charge in [-0.25, -0.2) is 14.8 Å². The number of anilines is 1. The van der Waals surface area contributed by atoms with E-state index < -0.39 is 5.25 Å². The maximum atomic E-state index is 12.4. The number of H-pyrrole nitrogens is 3. The number of pyridine rings is 1. The largest absolute Gasteiger partial charge is 0.331 e. The van der Waals surface area contributed by atoms with Gasteiger partial charge < -0.3 is 20.3 Å². The van der Waals surface area contributed by atoms with E-state index in [-0.39, 0.29) is 11.6 Å². The molecule has 0 aliphatic heterocycles. The Kier molecular flexibility index (Phi) is 4.17. The molecule has 4 aromatic rings. The van der Waals surface area contributed by atoms with Gasteiger partial charge in [-0.1, -0.05) is 23.4 Å². The molecule has 0 saturated carbocycles. The Bertz CT molecular complexity index is 1180. The predicted molar refractivity (Wildman–Crippen MR) is 102 cm³/mol. The predicted octanol–water partition coefficient (Wildman–Crippen LogP) is 2.90. The van der Waals surface area contributed by atoms with Crippen molar-refractivity contribution in [3.63, 3.8) is 0 Å². The van der Waals surface area contributed by atoms with Crippen LogP contribution < -0.4 is 11.0 Å². The number of amides is 1. The molecule has 4 rings (SSSR count). The molecule has 26 heavy (non-hydrogen) atoms. The lowest BCUT2D eigenvalue weighted by Crippen LogP contribution is -2.22. The zero-order valence-corrected chi connectivity index (χ0v) is 15.0. The molecule has 0 spiro atoms. The summed E-state index contributed by atoms with van der Waals surface area (Å²) in [6.07, 6.45) is 1.52. The molecule has 3 aromatic heterocycles. The van der Waals surface area contributed by atoms with Gasteiger partial charge in [-0.15, -0.1) is 0 Å². The van der Waals surface area contributed by atoms with Gasteiger partial charge in [-0.3, -0.25) is 4.79 Å². The zero-order chi connectivity index (χ0) is 18.3. The smallest absolute Gasteiger partial charge is 0.323 e. The molecule has 132 valence electrons. The third-order valence-electron chi connectivity index (χ3n) is 3.72. The number of aromatic amines is 3. The number of aromatic nitrogens is 5. The minimum absolute atomic E-state index is 0.182. The number of fused-ring (bicyclic) bond motifs is 2. The molecule has 0 aliphatic carbocycles. The van der Waals surface area contributed by atoms with Gasteiger partial charge in [0.1, 0.15) is 0 Å². The van der Waals surface area contributed by atoms with Crippen LogP contribution in [0.25, 0.3) is 22.2 Å². The Labute approximate surface area is 155 Å². The number of thioether (sulfide) groups is 1. The molecule has 4 N–H and O–H groups in total. The molecule has 1 atom stereocenters. The van der Waals surface area contributed by atoms with Crippen molar-refractivity contribution in [2.75, 3.05) is 5.32 Å². The van der Waals surface area contributed by atoms with E-state index in [2.05, 4.69) is 30.2 Å². The average molecular weight is 389 g/mol. The van der Waals surface area contributed by atoms with E-state index >= 15 is 0 Å². The van der Waals surface area contributed by atoms with Gasteiger partial charge in [0.2, 0.25) is 5.91 Å². The van der Waals surface area contributed by atoms with Gasteiger partial charge in [-0.05, 0) is 31.2 Å². The van der Waals surface area contributed by atoms with Crippen molar-refractivity contribution in [3.05, 3.63) is 46.0 Å². The molecule has 0 fully saturated rings. The van der Waals surface area contributed by atoms with Gasteiger partial charge in [0, 0.05) is 11.9 Å². The van der Waals surface area contributed by atoms with E-state index in [1.54, 1.807) is 31.2 Å². The summed E-state index contributed by atoms with van der Waals surface area (Å²) >= 11 is 7.20. The van der Waals surface area contributed by atoms with Crippen molar-refractivity contribution in [1.29, 1.82) is 0 Å². The fourth-order valence-corrected chi connectivity index (χ4v) is 3.45. The molecule has 3 heterocycles. The van der Waals surface area contributed by atoms with Crippen molar-refractivity contribution >= 4 is 57.2 Å². The lowest BCUT2D eigenvalue weighted by Gasteiger charge is -2.10. The van der Waals surface area contributed by atoms with Crippen molar-refractivity contribution in [2.45, 2.75) is 17.3 Å². The van der Waals surface area contributed by atoms with E-state index in [0.717, 1.165) is 5.52 Å². The highest BCUT2D eigenvalue weighted by Crippen LogP contribution is 2.25. The number of hydrogen-bond acceptors (Lipinski definition) is 5. The van der Waals surface area contributed by atoms with Gasteiger partial charge in [0.05, 0.1) is 26.8 Å². The van der Waals surface area contributed by atoms with Crippen LogP contribution in [0.3, 0.4) is 0 Å². The van der Waals surface area contributed by atoms with Gasteiger partial charge >= 0.3 is 5.69 Å². The molecule has 0 aliphatic rings. The fourth-order valence-electron chi connectivity index (χ4n) is 2.48. The Morgan fingerprint density at radius 1 is 1.19 bits per heavy atom. The Balaban J connectivity index is 1.48. The van der Waals surface area contributed by atoms with Crippen LogP contribution in [-0.4, -0.2) is 36.1 Å². The highest BCUT2D eigenvalue weighted by molar-refractivity contribution is 8.00. The number of benzene rings is 1. The second-order valence-corrected chi connectivity index (χ2v) is 7.42. The quantitative estimate of drug-likeness (QED) is 0.401. The van der Waals surface area contributed by atoms with Crippen molar-refractivity contribution in [1.82, 2.24) is 24.9 Å².